The van der Waals surface area contributed by atoms with Crippen LogP contribution in [0.4, 0.5) is 5.69 Å². The maximum atomic E-state index is 11.8. The monoisotopic (exact) mass is 389 g/mol. The number of carbonyl (C=O) groups excluding carboxylic acids is 2. The van der Waals surface area contributed by atoms with Gasteiger partial charge in [0.2, 0.25) is 0 Å². The van der Waals surface area contributed by atoms with E-state index in [0.29, 0.717) is 11.4 Å². The molecule has 2 rings (SSSR count). The molecule has 0 atom stereocenters. The molecule has 6 heteroatoms. The predicted octanol–water partition coefficient (Wildman–Crippen LogP) is 3.65. The van der Waals surface area contributed by atoms with E-state index in [1.165, 1.54) is 6.08 Å². The molecule has 24 heavy (non-hydrogen) atoms. The van der Waals surface area contributed by atoms with Crippen LogP contribution in [0.5, 0.6) is 5.75 Å². The summed E-state index contributed by atoms with van der Waals surface area (Å²) in [7, 11) is 1.57. The van der Waals surface area contributed by atoms with Gasteiger partial charge in [0, 0.05) is 10.5 Å². The molecule has 124 valence electrons. The van der Waals surface area contributed by atoms with Gasteiger partial charge in [0.1, 0.15) is 5.75 Å². The van der Waals surface area contributed by atoms with Gasteiger partial charge in [-0.3, -0.25) is 4.79 Å². The quantitative estimate of drug-likeness (QED) is 0.604. The summed E-state index contributed by atoms with van der Waals surface area (Å²) in [6, 6.07) is 14.4. The van der Waals surface area contributed by atoms with Gasteiger partial charge in [0.05, 0.1) is 12.8 Å². The van der Waals surface area contributed by atoms with Gasteiger partial charge < -0.3 is 14.8 Å². The number of halogens is 1. The van der Waals surface area contributed by atoms with Crippen LogP contribution in [0.25, 0.3) is 6.08 Å². The molecule has 0 saturated carbocycles. The fraction of sp³-hybridized carbons (Fsp3) is 0.111. The maximum Gasteiger partial charge on any atom is 0.331 e. The van der Waals surface area contributed by atoms with Crippen molar-refractivity contribution in [1.29, 1.82) is 0 Å². The summed E-state index contributed by atoms with van der Waals surface area (Å²) >= 11 is 3.32. The van der Waals surface area contributed by atoms with Gasteiger partial charge in [-0.05, 0) is 51.8 Å². The fourth-order valence-corrected chi connectivity index (χ4v) is 2.23. The number of rotatable bonds is 6. The van der Waals surface area contributed by atoms with Gasteiger partial charge in [-0.25, -0.2) is 4.79 Å². The summed E-state index contributed by atoms with van der Waals surface area (Å²) in [6.07, 6.45) is 2.86. The predicted molar refractivity (Wildman–Crippen MR) is 95.8 cm³/mol. The van der Waals surface area contributed by atoms with E-state index in [1.54, 1.807) is 37.5 Å². The molecule has 5 nitrogen and oxygen atoms in total. The first-order valence-corrected chi connectivity index (χ1v) is 7.91. The molecule has 0 heterocycles. The number of para-hydroxylation sites is 1. The van der Waals surface area contributed by atoms with Crippen LogP contribution in [0.3, 0.4) is 0 Å². The summed E-state index contributed by atoms with van der Waals surface area (Å²) in [5, 5.41) is 2.65. The van der Waals surface area contributed by atoms with Crippen molar-refractivity contribution in [3.8, 4) is 5.75 Å². The number of esters is 1. The molecule has 0 bridgehead atoms. The second kappa shape index (κ2) is 8.88. The van der Waals surface area contributed by atoms with Crippen molar-refractivity contribution in [2.24, 2.45) is 0 Å². The van der Waals surface area contributed by atoms with Gasteiger partial charge in [0.15, 0.2) is 6.61 Å². The van der Waals surface area contributed by atoms with Crippen LogP contribution in [0.15, 0.2) is 59.1 Å². The lowest BCUT2D eigenvalue weighted by Crippen LogP contribution is -2.20. The number of carbonyl (C=O) groups is 2. The molecule has 1 N–H and O–H groups in total. The van der Waals surface area contributed by atoms with Gasteiger partial charge in [-0.1, -0.05) is 24.3 Å². The van der Waals surface area contributed by atoms with E-state index in [4.69, 9.17) is 9.47 Å². The van der Waals surface area contributed by atoms with E-state index in [9.17, 15) is 9.59 Å². The van der Waals surface area contributed by atoms with E-state index >= 15 is 0 Å². The lowest BCUT2D eigenvalue weighted by molar-refractivity contribution is -0.142. The Morgan fingerprint density at radius 3 is 2.71 bits per heavy atom. The first-order valence-electron chi connectivity index (χ1n) is 7.12. The molecule has 0 saturated heterocycles. The Bertz CT molecular complexity index is 758. The van der Waals surface area contributed by atoms with Crippen LogP contribution in [0.2, 0.25) is 0 Å². The molecule has 0 unspecified atom stereocenters. The molecular formula is C18H16BrNO4. The first kappa shape index (κ1) is 17.7. The molecule has 0 aromatic heterocycles. The second-order valence-electron chi connectivity index (χ2n) is 4.75. The van der Waals surface area contributed by atoms with Crippen molar-refractivity contribution in [2.75, 3.05) is 19.0 Å². The molecular weight excluding hydrogens is 374 g/mol. The number of benzene rings is 2. The maximum absolute atomic E-state index is 11.8. The Labute approximate surface area is 148 Å². The molecule has 0 fully saturated rings. The Kier molecular flexibility index (Phi) is 6.57. The van der Waals surface area contributed by atoms with E-state index < -0.39 is 11.9 Å². The average Bonchev–Trinajstić information content (AvgIpc) is 2.60. The smallest absolute Gasteiger partial charge is 0.331 e. The van der Waals surface area contributed by atoms with Crippen molar-refractivity contribution < 1.29 is 19.1 Å². The second-order valence-corrected chi connectivity index (χ2v) is 5.60. The highest BCUT2D eigenvalue weighted by Crippen LogP contribution is 2.20. The van der Waals surface area contributed by atoms with Crippen molar-refractivity contribution in [1.82, 2.24) is 0 Å². The average molecular weight is 390 g/mol. The summed E-state index contributed by atoms with van der Waals surface area (Å²) < 4.78 is 10.8. The molecule has 2 aromatic carbocycles. The molecule has 0 spiro atoms. The van der Waals surface area contributed by atoms with E-state index in [1.807, 2.05) is 24.3 Å². The zero-order valence-electron chi connectivity index (χ0n) is 13.0. The molecule has 2 aromatic rings. The largest absolute Gasteiger partial charge is 0.497 e. The summed E-state index contributed by atoms with van der Waals surface area (Å²) in [5.74, 6) is -0.316. The standard InChI is InChI=1S/C18H16BrNO4/c1-23-14-6-4-5-13(11-14)9-10-18(22)24-12-17(21)20-16-8-3-2-7-15(16)19/h2-11H,12H2,1H3,(H,20,21)/b10-9+. The van der Waals surface area contributed by atoms with Gasteiger partial charge in [-0.2, -0.15) is 0 Å². The number of anilines is 1. The third-order valence-electron chi connectivity index (χ3n) is 3.00. The topological polar surface area (TPSA) is 64.6 Å². The molecule has 1 amide bonds. The van der Waals surface area contributed by atoms with Crippen LogP contribution < -0.4 is 10.1 Å². The molecule has 0 aliphatic heterocycles. The van der Waals surface area contributed by atoms with E-state index in [2.05, 4.69) is 21.2 Å². The number of amides is 1. The zero-order valence-corrected chi connectivity index (χ0v) is 14.6. The lowest BCUT2D eigenvalue weighted by atomic mass is 10.2. The van der Waals surface area contributed by atoms with Crippen molar-refractivity contribution >= 4 is 39.6 Å². The molecule has 0 aliphatic carbocycles. The van der Waals surface area contributed by atoms with Crippen molar-refractivity contribution in [3.63, 3.8) is 0 Å². The highest BCUT2D eigenvalue weighted by Gasteiger charge is 2.07. The fourth-order valence-electron chi connectivity index (χ4n) is 1.84. The lowest BCUT2D eigenvalue weighted by Gasteiger charge is -2.07. The van der Waals surface area contributed by atoms with E-state index in [-0.39, 0.29) is 6.61 Å². The van der Waals surface area contributed by atoms with Crippen molar-refractivity contribution in [3.05, 3.63) is 64.6 Å². The van der Waals surface area contributed by atoms with Crippen molar-refractivity contribution in [2.45, 2.75) is 0 Å². The highest BCUT2D eigenvalue weighted by molar-refractivity contribution is 9.10. The summed E-state index contributed by atoms with van der Waals surface area (Å²) in [5.41, 5.74) is 1.41. The Balaban J connectivity index is 1.83. The Morgan fingerprint density at radius 1 is 1.17 bits per heavy atom. The minimum atomic E-state index is -0.597. The molecule has 0 radical (unpaired) electrons. The van der Waals surface area contributed by atoms with Crippen LogP contribution in [0, 0.1) is 0 Å². The Hall–Kier alpha value is -2.60. The van der Waals surface area contributed by atoms with Gasteiger partial charge in [-0.15, -0.1) is 0 Å². The summed E-state index contributed by atoms with van der Waals surface area (Å²) in [6.45, 7) is -0.359. The third kappa shape index (κ3) is 5.55. The SMILES string of the molecule is COc1cccc(/C=C/C(=O)OCC(=O)Nc2ccccc2Br)c1. The Morgan fingerprint density at radius 2 is 1.96 bits per heavy atom. The normalized spacial score (nSPS) is 10.4. The minimum Gasteiger partial charge on any atom is -0.497 e. The molecule has 0 aliphatic rings. The number of methoxy groups -OCH3 is 1. The first-order chi connectivity index (χ1) is 11.6. The van der Waals surface area contributed by atoms with Gasteiger partial charge in [0.25, 0.3) is 5.91 Å². The van der Waals surface area contributed by atoms with Crippen LogP contribution >= 0.6 is 15.9 Å². The van der Waals surface area contributed by atoms with Crippen LogP contribution in [-0.2, 0) is 14.3 Å². The summed E-state index contributed by atoms with van der Waals surface area (Å²) in [4.78, 5) is 23.4. The number of ether oxygens (including phenoxy) is 2. The van der Waals surface area contributed by atoms with Gasteiger partial charge >= 0.3 is 5.97 Å². The number of hydrogen-bond acceptors (Lipinski definition) is 4. The minimum absolute atomic E-state index is 0.359. The zero-order chi connectivity index (χ0) is 17.4. The number of hydrogen-bond donors (Lipinski definition) is 1. The van der Waals surface area contributed by atoms with Crippen LogP contribution in [-0.4, -0.2) is 25.6 Å². The van der Waals surface area contributed by atoms with E-state index in [0.717, 1.165) is 10.0 Å². The highest BCUT2D eigenvalue weighted by atomic mass is 79.9. The van der Waals surface area contributed by atoms with Crippen LogP contribution in [0.1, 0.15) is 5.56 Å². The number of nitrogens with one attached hydrogen (secondary N) is 1. The third-order valence-corrected chi connectivity index (χ3v) is 3.69.